The van der Waals surface area contributed by atoms with Gasteiger partial charge in [-0.25, -0.2) is 4.79 Å². The third-order valence-corrected chi connectivity index (χ3v) is 3.40. The summed E-state index contributed by atoms with van der Waals surface area (Å²) in [5.74, 6) is -0.0700. The molecule has 0 aliphatic carbocycles. The minimum atomic E-state index is -0.685. The van der Waals surface area contributed by atoms with Gasteiger partial charge in [0, 0.05) is 13.1 Å². The van der Waals surface area contributed by atoms with Gasteiger partial charge in [-0.1, -0.05) is 30.3 Å². The van der Waals surface area contributed by atoms with E-state index in [1.165, 1.54) is 0 Å². The van der Waals surface area contributed by atoms with E-state index in [1.54, 1.807) is 18.7 Å². The molecular formula is C16H22N2O3. The minimum Gasteiger partial charge on any atom is -0.447 e. The Morgan fingerprint density at radius 1 is 1.14 bits per heavy atom. The molecule has 0 radical (unpaired) electrons. The van der Waals surface area contributed by atoms with Crippen LogP contribution in [0, 0.1) is 0 Å². The molecule has 2 rings (SSSR count). The Hall–Kier alpha value is -2.04. The number of amides is 2. The molecule has 1 fully saturated rings. The van der Waals surface area contributed by atoms with Crippen LogP contribution in [0.25, 0.3) is 0 Å². The lowest BCUT2D eigenvalue weighted by Gasteiger charge is -2.24. The number of benzene rings is 1. The van der Waals surface area contributed by atoms with Gasteiger partial charge in [-0.2, -0.15) is 0 Å². The maximum absolute atomic E-state index is 12.6. The van der Waals surface area contributed by atoms with Gasteiger partial charge in [-0.15, -0.1) is 0 Å². The van der Waals surface area contributed by atoms with Crippen LogP contribution in [0.1, 0.15) is 38.3 Å². The van der Waals surface area contributed by atoms with Crippen LogP contribution >= 0.6 is 0 Å². The summed E-state index contributed by atoms with van der Waals surface area (Å²) in [7, 11) is 0. The summed E-state index contributed by atoms with van der Waals surface area (Å²) in [4.78, 5) is 26.3. The monoisotopic (exact) mass is 290 g/mol. The predicted octanol–water partition coefficient (Wildman–Crippen LogP) is 2.48. The van der Waals surface area contributed by atoms with Crippen molar-refractivity contribution in [2.45, 2.75) is 38.8 Å². The lowest BCUT2D eigenvalue weighted by Crippen LogP contribution is -2.42. The summed E-state index contributed by atoms with van der Waals surface area (Å²) in [5, 5.41) is 2.69. The van der Waals surface area contributed by atoms with E-state index in [-0.39, 0.29) is 12.0 Å². The second-order valence-corrected chi connectivity index (χ2v) is 5.47. The fraction of sp³-hybridized carbons (Fsp3) is 0.500. The van der Waals surface area contributed by atoms with Gasteiger partial charge in [0.1, 0.15) is 6.04 Å². The topological polar surface area (TPSA) is 58.6 Å². The van der Waals surface area contributed by atoms with Crippen LogP contribution < -0.4 is 5.32 Å². The second-order valence-electron chi connectivity index (χ2n) is 5.47. The number of carbonyl (C=O) groups is 2. The largest absolute Gasteiger partial charge is 0.447 e. The molecule has 1 aliphatic rings. The zero-order chi connectivity index (χ0) is 15.2. The third-order valence-electron chi connectivity index (χ3n) is 3.40. The van der Waals surface area contributed by atoms with Gasteiger partial charge in [-0.3, -0.25) is 4.79 Å². The second kappa shape index (κ2) is 7.11. The molecular weight excluding hydrogens is 268 g/mol. The molecule has 1 unspecified atom stereocenters. The standard InChI is InChI=1S/C16H22N2O3/c1-12(2)21-16(20)17-14(13-8-4-3-5-9-13)15(19)18-10-6-7-11-18/h3-5,8-9,12,14H,6-7,10-11H2,1-2H3,(H,17,20). The van der Waals surface area contributed by atoms with Crippen LogP contribution in [0.5, 0.6) is 0 Å². The molecule has 1 N–H and O–H groups in total. The number of rotatable bonds is 4. The molecule has 0 aromatic heterocycles. The average molecular weight is 290 g/mol. The number of hydrogen-bond acceptors (Lipinski definition) is 3. The Morgan fingerprint density at radius 2 is 1.76 bits per heavy atom. The smallest absolute Gasteiger partial charge is 0.408 e. The summed E-state index contributed by atoms with van der Waals surface area (Å²) < 4.78 is 5.09. The SMILES string of the molecule is CC(C)OC(=O)NC(C(=O)N1CCCC1)c1ccccc1. The van der Waals surface area contributed by atoms with Crippen LogP contribution in [0.3, 0.4) is 0 Å². The molecule has 114 valence electrons. The Balaban J connectivity index is 2.14. The predicted molar refractivity (Wildman–Crippen MR) is 79.7 cm³/mol. The Labute approximate surface area is 125 Å². The van der Waals surface area contributed by atoms with E-state index in [4.69, 9.17) is 4.74 Å². The lowest BCUT2D eigenvalue weighted by atomic mass is 10.1. The van der Waals surface area contributed by atoms with E-state index in [1.807, 2.05) is 30.3 Å². The van der Waals surface area contributed by atoms with E-state index in [0.717, 1.165) is 31.5 Å². The Kier molecular flexibility index (Phi) is 5.20. The van der Waals surface area contributed by atoms with E-state index in [0.29, 0.717) is 0 Å². The molecule has 1 aromatic carbocycles. The summed E-state index contributed by atoms with van der Waals surface area (Å²) in [5.41, 5.74) is 0.773. The number of nitrogens with zero attached hydrogens (tertiary/aromatic N) is 1. The highest BCUT2D eigenvalue weighted by Crippen LogP contribution is 2.19. The van der Waals surface area contributed by atoms with Crippen molar-refractivity contribution in [2.75, 3.05) is 13.1 Å². The molecule has 21 heavy (non-hydrogen) atoms. The lowest BCUT2D eigenvalue weighted by molar-refractivity contribution is -0.132. The maximum Gasteiger partial charge on any atom is 0.408 e. The highest BCUT2D eigenvalue weighted by atomic mass is 16.6. The summed E-state index contributed by atoms with van der Waals surface area (Å²) in [6.07, 6.45) is 1.25. The number of ether oxygens (including phenoxy) is 1. The highest BCUT2D eigenvalue weighted by Gasteiger charge is 2.29. The Bertz CT molecular complexity index is 482. The summed E-state index contributed by atoms with van der Waals surface area (Å²) in [6.45, 7) is 5.06. The zero-order valence-corrected chi connectivity index (χ0v) is 12.5. The fourth-order valence-corrected chi connectivity index (χ4v) is 2.42. The molecule has 1 saturated heterocycles. The first kappa shape index (κ1) is 15.4. The number of hydrogen-bond donors (Lipinski definition) is 1. The molecule has 0 saturated carbocycles. The van der Waals surface area contributed by atoms with E-state index in [2.05, 4.69) is 5.32 Å². The third kappa shape index (κ3) is 4.21. The quantitative estimate of drug-likeness (QED) is 0.926. The van der Waals surface area contributed by atoms with Crippen molar-refractivity contribution in [1.29, 1.82) is 0 Å². The number of likely N-dealkylation sites (tertiary alicyclic amines) is 1. The van der Waals surface area contributed by atoms with E-state index in [9.17, 15) is 9.59 Å². The first-order valence-electron chi connectivity index (χ1n) is 7.39. The van der Waals surface area contributed by atoms with Gasteiger partial charge in [0.2, 0.25) is 5.91 Å². The maximum atomic E-state index is 12.6. The van der Waals surface area contributed by atoms with Gasteiger partial charge in [0.25, 0.3) is 0 Å². The summed E-state index contributed by atoms with van der Waals surface area (Å²) in [6, 6.07) is 8.59. The van der Waals surface area contributed by atoms with Crippen LogP contribution in [0.4, 0.5) is 4.79 Å². The van der Waals surface area contributed by atoms with Crippen molar-refractivity contribution in [2.24, 2.45) is 0 Å². The highest BCUT2D eigenvalue weighted by molar-refractivity contribution is 5.87. The van der Waals surface area contributed by atoms with Crippen molar-refractivity contribution in [1.82, 2.24) is 10.2 Å². The molecule has 0 bridgehead atoms. The van der Waals surface area contributed by atoms with Gasteiger partial charge in [0.05, 0.1) is 6.10 Å². The molecule has 1 aliphatic heterocycles. The van der Waals surface area contributed by atoms with Gasteiger partial charge < -0.3 is 15.0 Å². The van der Waals surface area contributed by atoms with E-state index < -0.39 is 12.1 Å². The van der Waals surface area contributed by atoms with Crippen molar-refractivity contribution in [3.05, 3.63) is 35.9 Å². The average Bonchev–Trinajstić information content (AvgIpc) is 2.98. The number of nitrogens with one attached hydrogen (secondary N) is 1. The molecule has 2 amide bonds. The van der Waals surface area contributed by atoms with Crippen LogP contribution in [0.2, 0.25) is 0 Å². The van der Waals surface area contributed by atoms with Crippen molar-refractivity contribution in [3.8, 4) is 0 Å². The first-order valence-corrected chi connectivity index (χ1v) is 7.39. The fourth-order valence-electron chi connectivity index (χ4n) is 2.42. The summed E-state index contributed by atoms with van der Waals surface area (Å²) >= 11 is 0. The Morgan fingerprint density at radius 3 is 2.33 bits per heavy atom. The molecule has 0 spiro atoms. The van der Waals surface area contributed by atoms with Gasteiger partial charge in [-0.05, 0) is 32.3 Å². The zero-order valence-electron chi connectivity index (χ0n) is 12.5. The molecule has 5 heteroatoms. The number of alkyl carbamates (subject to hydrolysis) is 1. The van der Waals surface area contributed by atoms with E-state index >= 15 is 0 Å². The first-order chi connectivity index (χ1) is 10.1. The molecule has 1 heterocycles. The molecule has 1 aromatic rings. The molecule has 5 nitrogen and oxygen atoms in total. The van der Waals surface area contributed by atoms with Crippen LogP contribution in [-0.2, 0) is 9.53 Å². The normalized spacial score (nSPS) is 15.9. The van der Waals surface area contributed by atoms with Crippen molar-refractivity contribution >= 4 is 12.0 Å². The number of carbonyl (C=O) groups excluding carboxylic acids is 2. The van der Waals surface area contributed by atoms with Gasteiger partial charge >= 0.3 is 6.09 Å². The molecule has 1 atom stereocenters. The minimum absolute atomic E-state index is 0.0700. The van der Waals surface area contributed by atoms with Crippen LogP contribution in [0.15, 0.2) is 30.3 Å². The van der Waals surface area contributed by atoms with Crippen LogP contribution in [-0.4, -0.2) is 36.1 Å². The van der Waals surface area contributed by atoms with Crippen molar-refractivity contribution < 1.29 is 14.3 Å². The van der Waals surface area contributed by atoms with Crippen molar-refractivity contribution in [3.63, 3.8) is 0 Å². The van der Waals surface area contributed by atoms with Gasteiger partial charge in [0.15, 0.2) is 0 Å².